The number of halogens is 2. The third-order valence-corrected chi connectivity index (χ3v) is 3.80. The van der Waals surface area contributed by atoms with Gasteiger partial charge in [-0.15, -0.1) is 0 Å². The number of nitrogens with zero attached hydrogens (tertiary/aromatic N) is 1. The van der Waals surface area contributed by atoms with Crippen molar-refractivity contribution in [3.8, 4) is 0 Å². The molecular formula is C13H15ClFNO2. The highest BCUT2D eigenvalue weighted by Gasteiger charge is 2.34. The van der Waals surface area contributed by atoms with E-state index in [1.165, 1.54) is 6.07 Å². The Morgan fingerprint density at radius 1 is 1.56 bits per heavy atom. The van der Waals surface area contributed by atoms with Crippen molar-refractivity contribution in [2.45, 2.75) is 13.5 Å². The van der Waals surface area contributed by atoms with Crippen LogP contribution < -0.4 is 0 Å². The van der Waals surface area contributed by atoms with Gasteiger partial charge in [0, 0.05) is 30.2 Å². The van der Waals surface area contributed by atoms with Crippen molar-refractivity contribution in [3.63, 3.8) is 0 Å². The number of carboxylic acids is 1. The maximum Gasteiger partial charge on any atom is 0.308 e. The summed E-state index contributed by atoms with van der Waals surface area (Å²) in [6.45, 7) is 3.37. The molecule has 1 aromatic rings. The van der Waals surface area contributed by atoms with Crippen LogP contribution in [0.3, 0.4) is 0 Å². The summed E-state index contributed by atoms with van der Waals surface area (Å²) < 4.78 is 13.6. The van der Waals surface area contributed by atoms with E-state index in [2.05, 4.69) is 0 Å². The first-order valence-electron chi connectivity index (χ1n) is 5.87. The highest BCUT2D eigenvalue weighted by Crippen LogP contribution is 2.27. The van der Waals surface area contributed by atoms with Crippen molar-refractivity contribution in [1.82, 2.24) is 4.90 Å². The van der Waals surface area contributed by atoms with E-state index in [-0.39, 0.29) is 17.7 Å². The molecule has 1 N–H and O–H groups in total. The van der Waals surface area contributed by atoms with Gasteiger partial charge >= 0.3 is 5.97 Å². The molecular weight excluding hydrogens is 257 g/mol. The molecule has 98 valence electrons. The molecule has 18 heavy (non-hydrogen) atoms. The highest BCUT2D eigenvalue weighted by molar-refractivity contribution is 6.31. The molecule has 1 saturated heterocycles. The maximum atomic E-state index is 13.6. The van der Waals surface area contributed by atoms with E-state index in [9.17, 15) is 9.18 Å². The first-order valence-corrected chi connectivity index (χ1v) is 6.25. The smallest absolute Gasteiger partial charge is 0.308 e. The molecule has 2 rings (SSSR count). The van der Waals surface area contributed by atoms with Gasteiger partial charge in [0.05, 0.1) is 5.92 Å². The molecule has 3 nitrogen and oxygen atoms in total. The van der Waals surface area contributed by atoms with Crippen LogP contribution in [0.2, 0.25) is 5.02 Å². The van der Waals surface area contributed by atoms with Gasteiger partial charge in [-0.2, -0.15) is 0 Å². The molecule has 1 aliphatic rings. The summed E-state index contributed by atoms with van der Waals surface area (Å²) >= 11 is 5.96. The Labute approximate surface area is 110 Å². The SMILES string of the molecule is C[C@@H]1CN(Cc2c(F)cccc2Cl)C[C@H]1C(=O)O. The fourth-order valence-electron chi connectivity index (χ4n) is 2.42. The predicted octanol–water partition coefficient (Wildman–Crippen LogP) is 2.63. The summed E-state index contributed by atoms with van der Waals surface area (Å²) in [7, 11) is 0. The van der Waals surface area contributed by atoms with Crippen LogP contribution in [0.4, 0.5) is 4.39 Å². The van der Waals surface area contributed by atoms with Gasteiger partial charge in [0.25, 0.3) is 0 Å². The normalized spacial score (nSPS) is 24.4. The molecule has 1 aliphatic heterocycles. The highest BCUT2D eigenvalue weighted by atomic mass is 35.5. The minimum atomic E-state index is -0.787. The number of benzene rings is 1. The number of hydrogen-bond acceptors (Lipinski definition) is 2. The van der Waals surface area contributed by atoms with Crippen molar-refractivity contribution < 1.29 is 14.3 Å². The second kappa shape index (κ2) is 5.24. The lowest BCUT2D eigenvalue weighted by molar-refractivity contribution is -0.142. The van der Waals surface area contributed by atoms with Crippen LogP contribution in [0.5, 0.6) is 0 Å². The number of carbonyl (C=O) groups is 1. The molecule has 0 amide bonds. The third-order valence-electron chi connectivity index (χ3n) is 3.45. The van der Waals surface area contributed by atoms with Gasteiger partial charge in [-0.3, -0.25) is 9.69 Å². The van der Waals surface area contributed by atoms with Crippen molar-refractivity contribution in [1.29, 1.82) is 0 Å². The molecule has 1 heterocycles. The molecule has 0 radical (unpaired) electrons. The first kappa shape index (κ1) is 13.3. The van der Waals surface area contributed by atoms with Gasteiger partial charge in [0.15, 0.2) is 0 Å². The first-order chi connectivity index (χ1) is 8.49. The summed E-state index contributed by atoms with van der Waals surface area (Å²) in [6, 6.07) is 4.58. The lowest BCUT2D eigenvalue weighted by Gasteiger charge is -2.16. The van der Waals surface area contributed by atoms with Crippen molar-refractivity contribution in [2.24, 2.45) is 11.8 Å². The monoisotopic (exact) mass is 271 g/mol. The van der Waals surface area contributed by atoms with E-state index in [1.807, 2.05) is 11.8 Å². The zero-order chi connectivity index (χ0) is 13.3. The summed E-state index contributed by atoms with van der Waals surface area (Å²) in [5, 5.41) is 9.44. The number of rotatable bonds is 3. The van der Waals surface area contributed by atoms with Gasteiger partial charge in [0.1, 0.15) is 5.82 Å². The average Bonchev–Trinajstić information content (AvgIpc) is 2.65. The number of likely N-dealkylation sites (tertiary alicyclic amines) is 1. The third kappa shape index (κ3) is 2.65. The van der Waals surface area contributed by atoms with E-state index in [1.54, 1.807) is 12.1 Å². The Hall–Kier alpha value is -1.13. The van der Waals surface area contributed by atoms with Crippen molar-refractivity contribution in [2.75, 3.05) is 13.1 Å². The van der Waals surface area contributed by atoms with Crippen LogP contribution in [-0.4, -0.2) is 29.1 Å². The molecule has 1 aromatic carbocycles. The number of aliphatic carboxylic acids is 1. The van der Waals surface area contributed by atoms with E-state index in [4.69, 9.17) is 16.7 Å². The summed E-state index contributed by atoms with van der Waals surface area (Å²) in [4.78, 5) is 13.0. The zero-order valence-corrected chi connectivity index (χ0v) is 10.8. The standard InChI is InChI=1S/C13H15ClFNO2/c1-8-5-16(6-9(8)13(17)18)7-10-11(14)3-2-4-12(10)15/h2-4,8-9H,5-7H2,1H3,(H,17,18)/t8-,9-/m1/s1. The largest absolute Gasteiger partial charge is 0.481 e. The van der Waals surface area contributed by atoms with Gasteiger partial charge in [-0.1, -0.05) is 24.6 Å². The molecule has 2 atom stereocenters. The van der Waals surface area contributed by atoms with Crippen LogP contribution in [0.15, 0.2) is 18.2 Å². The second-order valence-corrected chi connectivity index (χ2v) is 5.22. The second-order valence-electron chi connectivity index (χ2n) is 4.82. The molecule has 0 unspecified atom stereocenters. The quantitative estimate of drug-likeness (QED) is 0.919. The average molecular weight is 272 g/mol. The molecule has 0 bridgehead atoms. The molecule has 0 saturated carbocycles. The molecule has 0 spiro atoms. The summed E-state index contributed by atoms with van der Waals surface area (Å²) in [5.41, 5.74) is 0.442. The van der Waals surface area contributed by atoms with Crippen LogP contribution in [0, 0.1) is 17.7 Å². The van der Waals surface area contributed by atoms with Crippen LogP contribution in [0.25, 0.3) is 0 Å². The Kier molecular flexibility index (Phi) is 3.88. The Bertz CT molecular complexity index is 446. The van der Waals surface area contributed by atoms with E-state index < -0.39 is 5.97 Å². The zero-order valence-electron chi connectivity index (χ0n) is 10.1. The van der Waals surface area contributed by atoms with Gasteiger partial charge in [-0.05, 0) is 18.1 Å². The topological polar surface area (TPSA) is 40.5 Å². The Morgan fingerprint density at radius 3 is 2.83 bits per heavy atom. The van der Waals surface area contributed by atoms with E-state index in [0.29, 0.717) is 30.2 Å². The predicted molar refractivity (Wildman–Crippen MR) is 67.0 cm³/mol. The van der Waals surface area contributed by atoms with Crippen LogP contribution >= 0.6 is 11.6 Å². The summed E-state index contributed by atoms with van der Waals surface area (Å²) in [5.74, 6) is -1.43. The Morgan fingerprint density at radius 2 is 2.28 bits per heavy atom. The minimum absolute atomic E-state index is 0.0769. The van der Waals surface area contributed by atoms with Gasteiger partial charge in [-0.25, -0.2) is 4.39 Å². The van der Waals surface area contributed by atoms with E-state index >= 15 is 0 Å². The minimum Gasteiger partial charge on any atom is -0.481 e. The lowest BCUT2D eigenvalue weighted by Crippen LogP contribution is -2.23. The lowest BCUT2D eigenvalue weighted by atomic mass is 9.99. The molecule has 1 fully saturated rings. The van der Waals surface area contributed by atoms with Crippen LogP contribution in [0.1, 0.15) is 12.5 Å². The van der Waals surface area contributed by atoms with Gasteiger partial charge in [0.2, 0.25) is 0 Å². The van der Waals surface area contributed by atoms with Crippen molar-refractivity contribution in [3.05, 3.63) is 34.6 Å². The van der Waals surface area contributed by atoms with E-state index in [0.717, 1.165) is 0 Å². The fourth-order valence-corrected chi connectivity index (χ4v) is 2.65. The number of hydrogen-bond donors (Lipinski definition) is 1. The summed E-state index contributed by atoms with van der Waals surface area (Å²) in [6.07, 6.45) is 0. The molecule has 0 aromatic heterocycles. The van der Waals surface area contributed by atoms with Crippen molar-refractivity contribution >= 4 is 17.6 Å². The van der Waals surface area contributed by atoms with Gasteiger partial charge < -0.3 is 5.11 Å². The van der Waals surface area contributed by atoms with Crippen LogP contribution in [-0.2, 0) is 11.3 Å². The maximum absolute atomic E-state index is 13.6. The Balaban J connectivity index is 2.10. The fraction of sp³-hybridized carbons (Fsp3) is 0.462. The number of carboxylic acid groups (broad SMARTS) is 1. The molecule has 5 heteroatoms. The molecule has 0 aliphatic carbocycles.